The van der Waals surface area contributed by atoms with Gasteiger partial charge in [-0.25, -0.2) is 0 Å². The molecule has 1 rings (SSSR count). The van der Waals surface area contributed by atoms with Crippen molar-refractivity contribution in [3.8, 4) is 0 Å². The lowest BCUT2D eigenvalue weighted by atomic mass is 9.85. The maximum absolute atomic E-state index is 13.8. The summed E-state index contributed by atoms with van der Waals surface area (Å²) < 4.78 is 1.31. The number of aliphatic hydroxyl groups excluding tert-OH is 4. The van der Waals surface area contributed by atoms with Crippen molar-refractivity contribution in [2.75, 3.05) is 23.4 Å². The van der Waals surface area contributed by atoms with Crippen LogP contribution < -0.4 is 15.5 Å². The summed E-state index contributed by atoms with van der Waals surface area (Å²) in [6.45, 7) is 7.56. The van der Waals surface area contributed by atoms with Crippen LogP contribution in [-0.4, -0.2) is 87.7 Å². The fourth-order valence-corrected chi connectivity index (χ4v) is 8.52. The van der Waals surface area contributed by atoms with Gasteiger partial charge in [-0.15, -0.1) is 0 Å². The van der Waals surface area contributed by atoms with Crippen LogP contribution in [0.2, 0.25) is 0 Å². The number of halogens is 3. The van der Waals surface area contributed by atoms with Crippen LogP contribution in [-0.2, 0) is 19.2 Å². The Morgan fingerprint density at radius 3 is 2.00 bits per heavy atom. The number of hydrogen-bond acceptors (Lipinski definition) is 9. The van der Waals surface area contributed by atoms with E-state index >= 15 is 0 Å². The van der Waals surface area contributed by atoms with E-state index in [0.717, 1.165) is 0 Å². The van der Waals surface area contributed by atoms with Crippen molar-refractivity contribution in [2.24, 2.45) is 11.8 Å². The molecule has 0 heterocycles. The molecule has 0 aliphatic rings. The number of Topliss-reactive ketones (excluding diaryl/α,β-unsaturated/α-hetero) is 1. The number of aliphatic hydroxyl groups is 4. The number of nitrogens with one attached hydrogen (secondary N) is 2. The van der Waals surface area contributed by atoms with Crippen LogP contribution in [0.5, 0.6) is 0 Å². The van der Waals surface area contributed by atoms with Gasteiger partial charge in [-0.05, 0) is 87.0 Å². The number of anilines is 2. The number of ketones is 1. The van der Waals surface area contributed by atoms with E-state index < -0.39 is 54.5 Å². The Morgan fingerprint density at radius 2 is 1.56 bits per heavy atom. The van der Waals surface area contributed by atoms with Gasteiger partial charge in [0.2, 0.25) is 11.8 Å². The van der Waals surface area contributed by atoms with Gasteiger partial charge in [0.25, 0.3) is 5.91 Å². The first-order valence-corrected chi connectivity index (χ1v) is 16.1. The van der Waals surface area contributed by atoms with Gasteiger partial charge < -0.3 is 40.8 Å². The summed E-state index contributed by atoms with van der Waals surface area (Å²) in [4.78, 5) is 65.6. The van der Waals surface area contributed by atoms with Crippen LogP contribution in [0.15, 0.2) is 0 Å². The molecular weight excluding hydrogens is 879 g/mol. The highest BCUT2D eigenvalue weighted by Crippen LogP contribution is 2.41. The molecule has 1 aromatic rings. The first-order chi connectivity index (χ1) is 19.1. The van der Waals surface area contributed by atoms with Crippen molar-refractivity contribution in [3.63, 3.8) is 0 Å². The number of carbonyl (C=O) groups excluding carboxylic acids is 5. The monoisotopic (exact) mass is 915 g/mol. The number of hydrogen-bond donors (Lipinski definition) is 6. The highest BCUT2D eigenvalue weighted by atomic mass is 127. The molecule has 230 valence electrons. The quantitative estimate of drug-likeness (QED) is 0.0866. The molecule has 41 heavy (non-hydrogen) atoms. The Labute approximate surface area is 279 Å². The molecule has 0 fully saturated rings. The molecule has 0 aromatic heterocycles. The molecule has 0 aliphatic carbocycles. The molecule has 0 aliphatic heterocycles. The fraction of sp³-hybridized carbons (Fsp3) is 0.577. The molecular formula is C26H36I3N3O9. The van der Waals surface area contributed by atoms with Crippen molar-refractivity contribution in [1.29, 1.82) is 0 Å². The van der Waals surface area contributed by atoms with Crippen LogP contribution in [0, 0.1) is 22.5 Å². The molecule has 15 heteroatoms. The molecule has 6 N–H and O–H groups in total. The third-order valence-corrected chi connectivity index (χ3v) is 9.44. The topological polar surface area (TPSA) is 194 Å². The second-order valence-corrected chi connectivity index (χ2v) is 12.8. The molecule has 5 atom stereocenters. The van der Waals surface area contributed by atoms with E-state index in [0.29, 0.717) is 28.5 Å². The number of nitrogens with zero attached hydrogens (tertiary/aromatic N) is 1. The SMILES string of the molecule is CCCC(=O)Nc1c(I)c(C(=O)N[C@H](C(=O)[C@@H](C=O)[C@@H](O)[C@@H](O)[C@H](O)CO)C(C)C)c(I)c(N(CC)C(C)=O)c1I. The van der Waals surface area contributed by atoms with Crippen molar-refractivity contribution in [2.45, 2.75) is 71.8 Å². The third-order valence-electron chi connectivity index (χ3n) is 6.26. The molecule has 1 aromatic carbocycles. The standard InChI is InChI=1S/C26H36I3N3O9/c1-6-8-15(37)30-21-17(27)16(18(28)22(19(21)29)32(7-2)12(5)35)26(41)31-20(11(3)4)23(38)13(9-33)24(39)25(40)14(36)10-34/h9,11,13-14,20,24-25,34,36,39-40H,6-8,10H2,1-5H3,(H,30,37)(H,31,41)/t13-,14-,20+,24-,25+/m1/s1. The minimum Gasteiger partial charge on any atom is -0.394 e. The van der Waals surface area contributed by atoms with Gasteiger partial charge in [0.15, 0.2) is 5.78 Å². The molecule has 3 amide bonds. The Kier molecular flexibility index (Phi) is 16.1. The van der Waals surface area contributed by atoms with Crippen molar-refractivity contribution in [1.82, 2.24) is 5.32 Å². The zero-order valence-electron chi connectivity index (χ0n) is 23.3. The number of aldehydes is 1. The van der Waals surface area contributed by atoms with Crippen LogP contribution in [0.1, 0.15) is 57.8 Å². The number of benzene rings is 1. The van der Waals surface area contributed by atoms with Gasteiger partial charge >= 0.3 is 0 Å². The van der Waals surface area contributed by atoms with E-state index in [1.807, 2.05) is 74.7 Å². The second kappa shape index (κ2) is 17.3. The Bertz CT molecular complexity index is 1150. The van der Waals surface area contributed by atoms with E-state index in [-0.39, 0.29) is 36.6 Å². The molecule has 0 unspecified atom stereocenters. The predicted octanol–water partition coefficient (Wildman–Crippen LogP) is 1.83. The normalized spacial score (nSPS) is 15.0. The first kappa shape index (κ1) is 38.0. The lowest BCUT2D eigenvalue weighted by Gasteiger charge is -2.30. The summed E-state index contributed by atoms with van der Waals surface area (Å²) in [6.07, 6.45) is -4.90. The van der Waals surface area contributed by atoms with Gasteiger partial charge in [-0.2, -0.15) is 0 Å². The van der Waals surface area contributed by atoms with E-state index in [1.165, 1.54) is 11.8 Å². The van der Waals surface area contributed by atoms with Crippen LogP contribution in [0.4, 0.5) is 11.4 Å². The van der Waals surface area contributed by atoms with Crippen molar-refractivity contribution in [3.05, 3.63) is 16.3 Å². The van der Waals surface area contributed by atoms with E-state index in [4.69, 9.17) is 5.11 Å². The summed E-state index contributed by atoms with van der Waals surface area (Å²) >= 11 is 5.87. The molecule has 0 radical (unpaired) electrons. The summed E-state index contributed by atoms with van der Waals surface area (Å²) in [7, 11) is 0. The van der Waals surface area contributed by atoms with Crippen molar-refractivity contribution >= 4 is 109 Å². The zero-order chi connectivity index (χ0) is 31.8. The zero-order valence-corrected chi connectivity index (χ0v) is 29.8. The lowest BCUT2D eigenvalue weighted by Crippen LogP contribution is -2.53. The second-order valence-electron chi connectivity index (χ2n) is 9.59. The molecule has 0 bridgehead atoms. The number of carbonyl (C=O) groups is 5. The van der Waals surface area contributed by atoms with E-state index in [2.05, 4.69) is 10.6 Å². The smallest absolute Gasteiger partial charge is 0.254 e. The summed E-state index contributed by atoms with van der Waals surface area (Å²) in [6, 6.07) is -1.31. The minimum atomic E-state index is -2.04. The van der Waals surface area contributed by atoms with Crippen LogP contribution >= 0.6 is 67.8 Å². The summed E-state index contributed by atoms with van der Waals surface area (Å²) in [5.74, 6) is -4.61. The van der Waals surface area contributed by atoms with Crippen molar-refractivity contribution < 1.29 is 44.4 Å². The van der Waals surface area contributed by atoms with Gasteiger partial charge in [0.05, 0.1) is 46.4 Å². The van der Waals surface area contributed by atoms with Gasteiger partial charge in [0.1, 0.15) is 24.4 Å². The maximum atomic E-state index is 13.8. The number of rotatable bonds is 15. The van der Waals surface area contributed by atoms with Crippen LogP contribution in [0.3, 0.4) is 0 Å². The minimum absolute atomic E-state index is 0.0884. The van der Waals surface area contributed by atoms with Gasteiger partial charge in [0, 0.05) is 19.9 Å². The average Bonchev–Trinajstić information content (AvgIpc) is 2.91. The van der Waals surface area contributed by atoms with E-state index in [1.54, 1.807) is 20.8 Å². The third kappa shape index (κ3) is 9.24. The predicted molar refractivity (Wildman–Crippen MR) is 178 cm³/mol. The Balaban J connectivity index is 3.71. The molecule has 12 nitrogen and oxygen atoms in total. The summed E-state index contributed by atoms with van der Waals surface area (Å²) in [5, 5.41) is 44.7. The first-order valence-electron chi connectivity index (χ1n) is 12.8. The van der Waals surface area contributed by atoms with Crippen LogP contribution in [0.25, 0.3) is 0 Å². The largest absolute Gasteiger partial charge is 0.394 e. The summed E-state index contributed by atoms with van der Waals surface area (Å²) in [5.41, 5.74) is 0.832. The molecule has 0 saturated carbocycles. The highest BCUT2D eigenvalue weighted by Gasteiger charge is 2.40. The highest BCUT2D eigenvalue weighted by molar-refractivity contribution is 14.1. The number of amides is 3. The maximum Gasteiger partial charge on any atom is 0.254 e. The lowest BCUT2D eigenvalue weighted by molar-refractivity contribution is -0.143. The average molecular weight is 915 g/mol. The Morgan fingerprint density at radius 1 is 0.976 bits per heavy atom. The Hall–Kier alpha value is -1.00. The van der Waals surface area contributed by atoms with Gasteiger partial charge in [-0.3, -0.25) is 19.2 Å². The fourth-order valence-electron chi connectivity index (χ4n) is 4.02. The molecule has 0 saturated heterocycles. The van der Waals surface area contributed by atoms with E-state index in [9.17, 15) is 39.3 Å². The van der Waals surface area contributed by atoms with Gasteiger partial charge in [-0.1, -0.05) is 20.8 Å². The molecule has 0 spiro atoms.